The van der Waals surface area contributed by atoms with E-state index >= 15 is 0 Å². The molecule has 2 rings (SSSR count). The van der Waals surface area contributed by atoms with Crippen LogP contribution in [0.3, 0.4) is 0 Å². The smallest absolute Gasteiger partial charge is 0.271 e. The normalized spacial score (nSPS) is 12.5. The number of benzene rings is 2. The standard InChI is InChI=1S/C25H34N4O6S/c1-7-22(24(31)26-25(3,4)5)27(16-19-13-11-18(2)12-14-19)23(30)17-28(36(6,34)35)20-9-8-10-21(15-20)29(32)33/h8-15,22H,7,16-17H2,1-6H3,(H,26,31)/t22-/m0/s1. The third kappa shape index (κ3) is 8.04. The van der Waals surface area contributed by atoms with Gasteiger partial charge in [0.25, 0.3) is 5.69 Å². The van der Waals surface area contributed by atoms with E-state index < -0.39 is 39.0 Å². The van der Waals surface area contributed by atoms with Gasteiger partial charge < -0.3 is 10.2 Å². The monoisotopic (exact) mass is 518 g/mol. The van der Waals surface area contributed by atoms with E-state index in [0.717, 1.165) is 27.8 Å². The molecule has 196 valence electrons. The number of amides is 2. The van der Waals surface area contributed by atoms with Gasteiger partial charge in [-0.1, -0.05) is 42.8 Å². The van der Waals surface area contributed by atoms with E-state index in [1.807, 2.05) is 52.0 Å². The number of nitrogens with zero attached hydrogens (tertiary/aromatic N) is 3. The van der Waals surface area contributed by atoms with Gasteiger partial charge in [-0.25, -0.2) is 8.42 Å². The van der Waals surface area contributed by atoms with Crippen LogP contribution in [0.4, 0.5) is 11.4 Å². The van der Waals surface area contributed by atoms with Gasteiger partial charge in [-0.2, -0.15) is 0 Å². The summed E-state index contributed by atoms with van der Waals surface area (Å²) in [4.78, 5) is 38.7. The molecule has 2 aromatic rings. The Labute approximate surface area is 212 Å². The maximum absolute atomic E-state index is 13.6. The summed E-state index contributed by atoms with van der Waals surface area (Å²) >= 11 is 0. The van der Waals surface area contributed by atoms with Crippen LogP contribution in [-0.2, 0) is 26.2 Å². The number of sulfonamides is 1. The summed E-state index contributed by atoms with van der Waals surface area (Å²) in [5.41, 5.74) is 0.953. The molecule has 0 bridgehead atoms. The van der Waals surface area contributed by atoms with Gasteiger partial charge in [-0.3, -0.25) is 24.0 Å². The molecule has 11 heteroatoms. The van der Waals surface area contributed by atoms with Gasteiger partial charge in [-0.05, 0) is 45.7 Å². The average molecular weight is 519 g/mol. The van der Waals surface area contributed by atoms with E-state index in [0.29, 0.717) is 6.42 Å². The minimum Gasteiger partial charge on any atom is -0.350 e. The largest absolute Gasteiger partial charge is 0.350 e. The van der Waals surface area contributed by atoms with Crippen molar-refractivity contribution in [1.82, 2.24) is 10.2 Å². The van der Waals surface area contributed by atoms with E-state index in [2.05, 4.69) is 5.32 Å². The lowest BCUT2D eigenvalue weighted by atomic mass is 10.1. The molecular weight excluding hydrogens is 484 g/mol. The first-order chi connectivity index (χ1) is 16.6. The molecule has 0 radical (unpaired) electrons. The second-order valence-corrected chi connectivity index (χ2v) is 11.6. The van der Waals surface area contributed by atoms with Crippen molar-refractivity contribution in [2.75, 3.05) is 17.1 Å². The summed E-state index contributed by atoms with van der Waals surface area (Å²) in [6.07, 6.45) is 1.22. The molecule has 1 atom stereocenters. The van der Waals surface area contributed by atoms with Gasteiger partial charge in [0.15, 0.2) is 0 Å². The molecule has 36 heavy (non-hydrogen) atoms. The lowest BCUT2D eigenvalue weighted by Gasteiger charge is -2.34. The quantitative estimate of drug-likeness (QED) is 0.379. The summed E-state index contributed by atoms with van der Waals surface area (Å²) in [6, 6.07) is 11.7. The van der Waals surface area contributed by atoms with Crippen LogP contribution in [-0.4, -0.2) is 54.4 Å². The molecule has 1 N–H and O–H groups in total. The molecule has 0 aliphatic heterocycles. The number of nitro benzene ring substituents is 1. The van der Waals surface area contributed by atoms with Crippen molar-refractivity contribution in [3.63, 3.8) is 0 Å². The summed E-state index contributed by atoms with van der Waals surface area (Å²) in [5, 5.41) is 14.1. The Morgan fingerprint density at radius 1 is 1.11 bits per heavy atom. The Morgan fingerprint density at radius 3 is 2.22 bits per heavy atom. The number of hydrogen-bond donors (Lipinski definition) is 1. The molecule has 2 amide bonds. The molecule has 2 aromatic carbocycles. The summed E-state index contributed by atoms with van der Waals surface area (Å²) < 4.78 is 26.1. The number of non-ortho nitro benzene ring substituents is 1. The minimum absolute atomic E-state index is 0.0115. The fourth-order valence-electron chi connectivity index (χ4n) is 3.64. The van der Waals surface area contributed by atoms with Crippen molar-refractivity contribution in [3.05, 3.63) is 69.8 Å². The highest BCUT2D eigenvalue weighted by atomic mass is 32.2. The Balaban J connectivity index is 2.49. The Kier molecular flexibility index (Phi) is 9.20. The summed E-state index contributed by atoms with van der Waals surface area (Å²) in [7, 11) is -3.99. The van der Waals surface area contributed by atoms with Crippen LogP contribution in [0.1, 0.15) is 45.2 Å². The van der Waals surface area contributed by atoms with Crippen LogP contribution in [0.15, 0.2) is 48.5 Å². The number of hydrogen-bond acceptors (Lipinski definition) is 6. The maximum Gasteiger partial charge on any atom is 0.271 e. The van der Waals surface area contributed by atoms with Crippen LogP contribution in [0.25, 0.3) is 0 Å². The highest BCUT2D eigenvalue weighted by molar-refractivity contribution is 7.92. The van der Waals surface area contributed by atoms with Gasteiger partial charge in [0.2, 0.25) is 21.8 Å². The first-order valence-corrected chi connectivity index (χ1v) is 13.4. The van der Waals surface area contributed by atoms with E-state index in [9.17, 15) is 28.1 Å². The zero-order valence-corrected chi connectivity index (χ0v) is 22.3. The first kappa shape index (κ1) is 28.8. The molecule has 0 heterocycles. The van der Waals surface area contributed by atoms with Crippen molar-refractivity contribution in [3.8, 4) is 0 Å². The molecule has 0 aliphatic carbocycles. The van der Waals surface area contributed by atoms with Crippen LogP contribution in [0, 0.1) is 17.0 Å². The van der Waals surface area contributed by atoms with Gasteiger partial charge in [0.05, 0.1) is 16.9 Å². The number of carbonyl (C=O) groups is 2. The molecule has 0 saturated heterocycles. The number of nitro groups is 1. The minimum atomic E-state index is -3.99. The zero-order valence-electron chi connectivity index (χ0n) is 21.5. The van der Waals surface area contributed by atoms with E-state index in [1.54, 1.807) is 6.92 Å². The van der Waals surface area contributed by atoms with Crippen LogP contribution in [0.5, 0.6) is 0 Å². The average Bonchev–Trinajstić information content (AvgIpc) is 2.76. The number of anilines is 1. The molecule has 0 aromatic heterocycles. The lowest BCUT2D eigenvalue weighted by molar-refractivity contribution is -0.384. The molecule has 0 spiro atoms. The van der Waals surface area contributed by atoms with Gasteiger partial charge in [0.1, 0.15) is 12.6 Å². The topological polar surface area (TPSA) is 130 Å². The van der Waals surface area contributed by atoms with Crippen molar-refractivity contribution >= 4 is 33.2 Å². The Bertz CT molecular complexity index is 1210. The molecule has 0 saturated carbocycles. The zero-order chi connectivity index (χ0) is 27.3. The summed E-state index contributed by atoms with van der Waals surface area (Å²) in [5.74, 6) is -0.963. The lowest BCUT2D eigenvalue weighted by Crippen LogP contribution is -2.55. The van der Waals surface area contributed by atoms with Gasteiger partial charge >= 0.3 is 0 Å². The second kappa shape index (κ2) is 11.5. The van der Waals surface area contributed by atoms with Crippen molar-refractivity contribution in [1.29, 1.82) is 0 Å². The second-order valence-electron chi connectivity index (χ2n) is 9.72. The maximum atomic E-state index is 13.6. The third-order valence-corrected chi connectivity index (χ3v) is 6.51. The van der Waals surface area contributed by atoms with Crippen molar-refractivity contribution in [2.45, 2.75) is 59.2 Å². The fraction of sp³-hybridized carbons (Fsp3) is 0.440. The molecular formula is C25H34N4O6S. The number of carbonyl (C=O) groups excluding carboxylic acids is 2. The molecule has 0 unspecified atom stereocenters. The molecule has 0 aliphatic rings. The Morgan fingerprint density at radius 2 is 1.72 bits per heavy atom. The van der Waals surface area contributed by atoms with E-state index in [-0.39, 0.29) is 23.8 Å². The third-order valence-electron chi connectivity index (χ3n) is 5.37. The Hall–Kier alpha value is -3.47. The van der Waals surface area contributed by atoms with E-state index in [1.165, 1.54) is 23.1 Å². The van der Waals surface area contributed by atoms with Crippen molar-refractivity contribution < 1.29 is 22.9 Å². The molecule has 10 nitrogen and oxygen atoms in total. The highest BCUT2D eigenvalue weighted by Gasteiger charge is 2.33. The summed E-state index contributed by atoms with van der Waals surface area (Å²) in [6.45, 7) is 8.66. The van der Waals surface area contributed by atoms with Crippen LogP contribution < -0.4 is 9.62 Å². The van der Waals surface area contributed by atoms with Gasteiger partial charge in [0, 0.05) is 24.2 Å². The number of aryl methyl sites for hydroxylation is 1. The first-order valence-electron chi connectivity index (χ1n) is 11.5. The van der Waals surface area contributed by atoms with E-state index in [4.69, 9.17) is 0 Å². The predicted octanol–water partition coefficient (Wildman–Crippen LogP) is 3.39. The van der Waals surface area contributed by atoms with Crippen molar-refractivity contribution in [2.24, 2.45) is 0 Å². The molecule has 0 fully saturated rings. The van der Waals surface area contributed by atoms with Gasteiger partial charge in [-0.15, -0.1) is 0 Å². The number of rotatable bonds is 10. The number of nitrogens with one attached hydrogen (secondary N) is 1. The van der Waals surface area contributed by atoms with Crippen LogP contribution >= 0.6 is 0 Å². The SMILES string of the molecule is CC[C@@H](C(=O)NC(C)(C)C)N(Cc1ccc(C)cc1)C(=O)CN(c1cccc([N+](=O)[O-])c1)S(C)(=O)=O. The predicted molar refractivity (Wildman–Crippen MR) is 139 cm³/mol. The van der Waals surface area contributed by atoms with Crippen LogP contribution in [0.2, 0.25) is 0 Å². The highest BCUT2D eigenvalue weighted by Crippen LogP contribution is 2.24. The fourth-order valence-corrected chi connectivity index (χ4v) is 4.48.